The van der Waals surface area contributed by atoms with Crippen LogP contribution in [-0.4, -0.2) is 13.2 Å². The first-order valence-electron chi connectivity index (χ1n) is 7.00. The van der Waals surface area contributed by atoms with Gasteiger partial charge in [0, 0.05) is 18.2 Å². The molecule has 104 valence electrons. The lowest BCUT2D eigenvalue weighted by Gasteiger charge is -2.22. The molecule has 1 atom stereocenters. The van der Waals surface area contributed by atoms with E-state index in [0.29, 0.717) is 19.3 Å². The summed E-state index contributed by atoms with van der Waals surface area (Å²) in [6.07, 6.45) is 0. The fourth-order valence-electron chi connectivity index (χ4n) is 2.40. The van der Waals surface area contributed by atoms with Crippen LogP contribution in [0.4, 0.5) is 0 Å². The Balaban J connectivity index is 1.70. The maximum atomic E-state index is 5.73. The zero-order valence-electron chi connectivity index (χ0n) is 11.6. The van der Waals surface area contributed by atoms with E-state index in [1.807, 2.05) is 18.2 Å². The Kier molecular flexibility index (Phi) is 3.88. The van der Waals surface area contributed by atoms with Gasteiger partial charge in [-0.05, 0) is 18.6 Å². The molecule has 1 heterocycles. The Morgan fingerprint density at radius 2 is 1.80 bits per heavy atom. The lowest BCUT2D eigenvalue weighted by Crippen LogP contribution is -2.21. The molecule has 20 heavy (non-hydrogen) atoms. The normalized spacial score (nSPS) is 14.8. The Morgan fingerprint density at radius 1 is 1.00 bits per heavy atom. The number of benzene rings is 2. The van der Waals surface area contributed by atoms with Gasteiger partial charge in [-0.25, -0.2) is 0 Å². The van der Waals surface area contributed by atoms with Crippen LogP contribution in [0.15, 0.2) is 48.5 Å². The number of hydrogen-bond donors (Lipinski definition) is 1. The highest BCUT2D eigenvalue weighted by molar-refractivity contribution is 5.47. The quantitative estimate of drug-likeness (QED) is 0.923. The molecule has 0 aliphatic carbocycles. The van der Waals surface area contributed by atoms with Gasteiger partial charge in [-0.15, -0.1) is 0 Å². The van der Waals surface area contributed by atoms with Gasteiger partial charge < -0.3 is 14.8 Å². The number of para-hydroxylation sites is 1. The molecule has 3 rings (SSSR count). The number of rotatable bonds is 4. The molecule has 1 aliphatic heterocycles. The monoisotopic (exact) mass is 269 g/mol. The highest BCUT2D eigenvalue weighted by Gasteiger charge is 2.15. The van der Waals surface area contributed by atoms with Crippen molar-refractivity contribution in [1.82, 2.24) is 5.32 Å². The van der Waals surface area contributed by atoms with Gasteiger partial charge in [-0.3, -0.25) is 0 Å². The van der Waals surface area contributed by atoms with Crippen molar-refractivity contribution in [2.24, 2.45) is 0 Å². The second-order valence-electron chi connectivity index (χ2n) is 4.95. The first-order valence-corrected chi connectivity index (χ1v) is 7.00. The molecule has 0 fully saturated rings. The molecular formula is C17H19NO2. The Hall–Kier alpha value is -2.00. The summed E-state index contributed by atoms with van der Waals surface area (Å²) in [4.78, 5) is 0. The number of nitrogens with one attached hydrogen (secondary N) is 1. The molecule has 2 aromatic carbocycles. The van der Waals surface area contributed by atoms with Crippen molar-refractivity contribution >= 4 is 0 Å². The third kappa shape index (κ3) is 2.78. The van der Waals surface area contributed by atoms with Crippen molar-refractivity contribution in [3.63, 3.8) is 0 Å². The first kappa shape index (κ1) is 13.0. The fraction of sp³-hybridized carbons (Fsp3) is 0.294. The third-order valence-electron chi connectivity index (χ3n) is 3.55. The number of ether oxygens (including phenoxy) is 2. The van der Waals surface area contributed by atoms with Crippen molar-refractivity contribution in [1.29, 1.82) is 0 Å². The molecule has 0 amide bonds. The van der Waals surface area contributed by atoms with E-state index in [4.69, 9.17) is 9.47 Å². The average Bonchev–Trinajstić information content (AvgIpc) is 2.53. The van der Waals surface area contributed by atoms with E-state index in [9.17, 15) is 0 Å². The summed E-state index contributed by atoms with van der Waals surface area (Å²) in [6, 6.07) is 16.8. The molecule has 0 spiro atoms. The molecule has 1 N–H and O–H groups in total. The van der Waals surface area contributed by atoms with Gasteiger partial charge in [0.2, 0.25) is 0 Å². The van der Waals surface area contributed by atoms with Crippen molar-refractivity contribution in [2.75, 3.05) is 13.2 Å². The smallest absolute Gasteiger partial charge is 0.165 e. The molecule has 3 heteroatoms. The van der Waals surface area contributed by atoms with Gasteiger partial charge in [-0.1, -0.05) is 42.5 Å². The zero-order chi connectivity index (χ0) is 13.8. The lowest BCUT2D eigenvalue weighted by molar-refractivity contribution is 0.169. The van der Waals surface area contributed by atoms with Crippen LogP contribution >= 0.6 is 0 Å². The Morgan fingerprint density at radius 3 is 2.65 bits per heavy atom. The van der Waals surface area contributed by atoms with Crippen LogP contribution in [0.2, 0.25) is 0 Å². The highest BCUT2D eigenvalue weighted by Crippen LogP contribution is 2.33. The van der Waals surface area contributed by atoms with Gasteiger partial charge in [0.15, 0.2) is 11.5 Å². The van der Waals surface area contributed by atoms with E-state index in [2.05, 4.69) is 42.6 Å². The minimum atomic E-state index is 0.302. The van der Waals surface area contributed by atoms with Crippen molar-refractivity contribution in [2.45, 2.75) is 19.5 Å². The summed E-state index contributed by atoms with van der Waals surface area (Å²) in [5.74, 6) is 1.73. The van der Waals surface area contributed by atoms with E-state index < -0.39 is 0 Å². The molecule has 0 saturated carbocycles. The molecule has 2 aromatic rings. The van der Waals surface area contributed by atoms with Crippen LogP contribution in [0.25, 0.3) is 0 Å². The number of fused-ring (bicyclic) bond motifs is 1. The molecule has 0 unspecified atom stereocenters. The largest absolute Gasteiger partial charge is 0.486 e. The second-order valence-corrected chi connectivity index (χ2v) is 4.95. The van der Waals surface area contributed by atoms with E-state index >= 15 is 0 Å². The molecular weight excluding hydrogens is 250 g/mol. The number of hydrogen-bond acceptors (Lipinski definition) is 3. The van der Waals surface area contributed by atoms with Crippen LogP contribution in [0, 0.1) is 0 Å². The van der Waals surface area contributed by atoms with Crippen LogP contribution in [0.3, 0.4) is 0 Å². The summed E-state index contributed by atoms with van der Waals surface area (Å²) in [5, 5.41) is 3.53. The molecule has 3 nitrogen and oxygen atoms in total. The van der Waals surface area contributed by atoms with E-state index in [1.54, 1.807) is 0 Å². The summed E-state index contributed by atoms with van der Waals surface area (Å²) in [5.41, 5.74) is 2.43. The predicted octanol–water partition coefficient (Wildman–Crippen LogP) is 3.31. The Labute approximate surface area is 119 Å². The van der Waals surface area contributed by atoms with Crippen molar-refractivity contribution in [3.8, 4) is 11.5 Å². The van der Waals surface area contributed by atoms with Crippen LogP contribution in [-0.2, 0) is 6.54 Å². The SMILES string of the molecule is C[C@H](NCc1cccc2c1OCCO2)c1ccccc1. The van der Waals surface area contributed by atoms with E-state index in [1.165, 1.54) is 5.56 Å². The average molecular weight is 269 g/mol. The fourth-order valence-corrected chi connectivity index (χ4v) is 2.40. The van der Waals surface area contributed by atoms with Gasteiger partial charge in [0.05, 0.1) is 0 Å². The van der Waals surface area contributed by atoms with E-state index in [0.717, 1.165) is 23.6 Å². The molecule has 0 radical (unpaired) electrons. The zero-order valence-corrected chi connectivity index (χ0v) is 11.6. The summed E-state index contributed by atoms with van der Waals surface area (Å²) >= 11 is 0. The predicted molar refractivity (Wildman–Crippen MR) is 79.1 cm³/mol. The van der Waals surface area contributed by atoms with Crippen molar-refractivity contribution < 1.29 is 9.47 Å². The molecule has 0 saturated heterocycles. The molecule has 0 aromatic heterocycles. The van der Waals surface area contributed by atoms with Gasteiger partial charge in [0.25, 0.3) is 0 Å². The third-order valence-corrected chi connectivity index (χ3v) is 3.55. The molecule has 1 aliphatic rings. The van der Waals surface area contributed by atoms with Gasteiger partial charge in [0.1, 0.15) is 13.2 Å². The highest BCUT2D eigenvalue weighted by atomic mass is 16.6. The lowest BCUT2D eigenvalue weighted by atomic mass is 10.1. The summed E-state index contributed by atoms with van der Waals surface area (Å²) in [7, 11) is 0. The minimum Gasteiger partial charge on any atom is -0.486 e. The minimum absolute atomic E-state index is 0.302. The standard InChI is InChI=1S/C17H19NO2/c1-13(14-6-3-2-4-7-14)18-12-15-8-5-9-16-17(15)20-11-10-19-16/h2-9,13,18H,10-12H2,1H3/t13-/m0/s1. The maximum Gasteiger partial charge on any atom is 0.165 e. The Bertz CT molecular complexity index is 568. The summed E-state index contributed by atoms with van der Waals surface area (Å²) < 4.78 is 11.3. The second kappa shape index (κ2) is 5.97. The van der Waals surface area contributed by atoms with Crippen LogP contribution in [0.1, 0.15) is 24.1 Å². The van der Waals surface area contributed by atoms with E-state index in [-0.39, 0.29) is 0 Å². The van der Waals surface area contributed by atoms with Crippen molar-refractivity contribution in [3.05, 3.63) is 59.7 Å². The van der Waals surface area contributed by atoms with Gasteiger partial charge in [-0.2, -0.15) is 0 Å². The maximum absolute atomic E-state index is 5.73. The first-order chi connectivity index (χ1) is 9.84. The topological polar surface area (TPSA) is 30.5 Å². The van der Waals surface area contributed by atoms with Gasteiger partial charge >= 0.3 is 0 Å². The summed E-state index contributed by atoms with van der Waals surface area (Å²) in [6.45, 7) is 4.19. The van der Waals surface area contributed by atoms with Crippen LogP contribution in [0.5, 0.6) is 11.5 Å². The molecule has 0 bridgehead atoms. The van der Waals surface area contributed by atoms with Crippen LogP contribution < -0.4 is 14.8 Å².